The molecule has 2 atom stereocenters. The highest BCUT2D eigenvalue weighted by Gasteiger charge is 2.58. The molecule has 0 aliphatic heterocycles. The van der Waals surface area contributed by atoms with E-state index < -0.39 is 4.92 Å². The normalized spacial score (nSPS) is 32.1. The van der Waals surface area contributed by atoms with E-state index in [2.05, 4.69) is 35.6 Å². The Bertz CT molecular complexity index is 942. The molecule has 0 unspecified atom stereocenters. The Balaban J connectivity index is 1.39. The second-order valence-corrected chi connectivity index (χ2v) is 9.61. The van der Waals surface area contributed by atoms with Gasteiger partial charge in [0, 0.05) is 12.5 Å². The molecule has 0 heterocycles. The summed E-state index contributed by atoms with van der Waals surface area (Å²) in [6.45, 7) is 0. The van der Waals surface area contributed by atoms with Crippen LogP contribution >= 0.6 is 0 Å². The van der Waals surface area contributed by atoms with E-state index in [4.69, 9.17) is 0 Å². The van der Waals surface area contributed by atoms with Crippen LogP contribution in [0.2, 0.25) is 0 Å². The number of carbonyl (C=O) groups is 1. The molecule has 5 heteroatoms. The van der Waals surface area contributed by atoms with Crippen LogP contribution in [0.5, 0.6) is 0 Å². The molecule has 0 saturated heterocycles. The number of rotatable bonds is 5. The number of hydrogen-bond acceptors (Lipinski definition) is 3. The summed E-state index contributed by atoms with van der Waals surface area (Å²) >= 11 is 0. The van der Waals surface area contributed by atoms with Crippen LogP contribution in [0.25, 0.3) is 0 Å². The Labute approximate surface area is 170 Å². The molecule has 0 radical (unpaired) electrons. The van der Waals surface area contributed by atoms with Gasteiger partial charge < -0.3 is 5.32 Å². The molecule has 4 saturated carbocycles. The van der Waals surface area contributed by atoms with Crippen molar-refractivity contribution in [3.8, 4) is 0 Å². The van der Waals surface area contributed by atoms with Crippen molar-refractivity contribution in [1.29, 1.82) is 0 Å². The Morgan fingerprint density at radius 1 is 1.00 bits per heavy atom. The van der Waals surface area contributed by atoms with Crippen LogP contribution in [-0.2, 0) is 10.2 Å². The summed E-state index contributed by atoms with van der Waals surface area (Å²) in [5.74, 6) is 1.29. The molecule has 6 rings (SSSR count). The van der Waals surface area contributed by atoms with E-state index in [1.807, 2.05) is 0 Å². The molecule has 1 N–H and O–H groups in total. The second kappa shape index (κ2) is 6.68. The van der Waals surface area contributed by atoms with E-state index in [1.54, 1.807) is 18.2 Å². The molecule has 4 fully saturated rings. The number of amides is 1. The molecule has 29 heavy (non-hydrogen) atoms. The molecular formula is C24H26N2O3. The molecule has 5 nitrogen and oxygen atoms in total. The van der Waals surface area contributed by atoms with Gasteiger partial charge in [-0.05, 0) is 72.8 Å². The first-order valence-corrected chi connectivity index (χ1v) is 10.6. The number of hydrogen-bond donors (Lipinski definition) is 1. The van der Waals surface area contributed by atoms with Crippen LogP contribution in [0.3, 0.4) is 0 Å². The van der Waals surface area contributed by atoms with Gasteiger partial charge in [0.1, 0.15) is 5.69 Å². The van der Waals surface area contributed by atoms with Crippen LogP contribution in [-0.4, -0.2) is 10.8 Å². The summed E-state index contributed by atoms with van der Waals surface area (Å²) < 4.78 is 0. The molecule has 1 amide bonds. The van der Waals surface area contributed by atoms with Crippen molar-refractivity contribution in [2.45, 2.75) is 50.4 Å². The molecule has 4 aliphatic rings. The minimum absolute atomic E-state index is 0.0214. The summed E-state index contributed by atoms with van der Waals surface area (Å²) in [4.78, 5) is 23.8. The lowest BCUT2D eigenvalue weighted by atomic mass is 9.42. The largest absolute Gasteiger partial charge is 0.320 e. The minimum Gasteiger partial charge on any atom is -0.320 e. The Morgan fingerprint density at radius 2 is 1.66 bits per heavy atom. The fourth-order valence-corrected chi connectivity index (χ4v) is 7.06. The van der Waals surface area contributed by atoms with Gasteiger partial charge in [0.25, 0.3) is 5.69 Å². The first-order chi connectivity index (χ1) is 14.0. The summed E-state index contributed by atoms with van der Waals surface area (Å²) in [6.07, 6.45) is 7.51. The lowest BCUT2D eigenvalue weighted by Crippen LogP contribution is -2.54. The van der Waals surface area contributed by atoms with Crippen LogP contribution in [0, 0.1) is 27.4 Å². The Hall–Kier alpha value is -2.69. The van der Waals surface area contributed by atoms with E-state index in [1.165, 1.54) is 30.9 Å². The highest BCUT2D eigenvalue weighted by molar-refractivity contribution is 5.93. The monoisotopic (exact) mass is 390 g/mol. The van der Waals surface area contributed by atoms with Crippen LogP contribution in [0.1, 0.15) is 50.5 Å². The first-order valence-electron chi connectivity index (χ1n) is 10.6. The van der Waals surface area contributed by atoms with Gasteiger partial charge in [-0.2, -0.15) is 0 Å². The predicted octanol–water partition coefficient (Wildman–Crippen LogP) is 5.46. The fraction of sp³-hybridized carbons (Fsp3) is 0.458. The lowest BCUT2D eigenvalue weighted by molar-refractivity contribution is -0.383. The molecule has 4 aliphatic carbocycles. The molecule has 2 aromatic carbocycles. The van der Waals surface area contributed by atoms with E-state index in [9.17, 15) is 14.9 Å². The number of nitrogens with zero attached hydrogens (tertiary/aromatic N) is 1. The van der Waals surface area contributed by atoms with Crippen LogP contribution < -0.4 is 5.32 Å². The van der Waals surface area contributed by atoms with Crippen molar-refractivity contribution < 1.29 is 9.72 Å². The standard InChI is InChI=1S/C24H26N2O3/c27-22(25-20-8-4-5-9-21(20)26(28)29)15-23-11-17-10-18(12-23)14-24(13-17,16-23)19-6-2-1-3-7-19/h1-9,17-18H,10-16H2,(H,25,27)/t17-,18-,23?,24?/m0/s1. The quantitative estimate of drug-likeness (QED) is 0.544. The van der Waals surface area contributed by atoms with Crippen LogP contribution in [0.15, 0.2) is 54.6 Å². The second-order valence-electron chi connectivity index (χ2n) is 9.61. The fourth-order valence-electron chi connectivity index (χ4n) is 7.06. The number of benzene rings is 2. The molecular weight excluding hydrogens is 364 g/mol. The number of nitro groups is 1. The third-order valence-corrected chi connectivity index (χ3v) is 7.48. The predicted molar refractivity (Wildman–Crippen MR) is 112 cm³/mol. The van der Waals surface area contributed by atoms with E-state index in [0.717, 1.165) is 19.3 Å². The zero-order valence-corrected chi connectivity index (χ0v) is 16.5. The number of nitro benzene ring substituents is 1. The van der Waals surface area contributed by atoms with Crippen molar-refractivity contribution in [3.63, 3.8) is 0 Å². The van der Waals surface area contributed by atoms with Gasteiger partial charge in [0.15, 0.2) is 0 Å². The molecule has 4 bridgehead atoms. The Kier molecular flexibility index (Phi) is 4.23. The van der Waals surface area contributed by atoms with Crippen molar-refractivity contribution in [1.82, 2.24) is 0 Å². The summed E-state index contributed by atoms with van der Waals surface area (Å²) in [7, 11) is 0. The average molecular weight is 390 g/mol. The van der Waals surface area contributed by atoms with Crippen LogP contribution in [0.4, 0.5) is 11.4 Å². The molecule has 0 aromatic heterocycles. The van der Waals surface area contributed by atoms with Gasteiger partial charge in [-0.3, -0.25) is 14.9 Å². The number of para-hydroxylation sites is 2. The molecule has 0 spiro atoms. The van der Waals surface area contributed by atoms with Crippen molar-refractivity contribution >= 4 is 17.3 Å². The maximum absolute atomic E-state index is 13.0. The Morgan fingerprint density at radius 3 is 2.34 bits per heavy atom. The summed E-state index contributed by atoms with van der Waals surface area (Å²) in [6, 6.07) is 17.2. The topological polar surface area (TPSA) is 72.2 Å². The van der Waals surface area contributed by atoms with Gasteiger partial charge in [-0.1, -0.05) is 42.5 Å². The average Bonchev–Trinajstić information content (AvgIpc) is 2.67. The zero-order valence-electron chi connectivity index (χ0n) is 16.5. The third-order valence-electron chi connectivity index (χ3n) is 7.48. The van der Waals surface area contributed by atoms with Crippen molar-refractivity contribution in [3.05, 3.63) is 70.3 Å². The molecule has 2 aromatic rings. The van der Waals surface area contributed by atoms with E-state index >= 15 is 0 Å². The summed E-state index contributed by atoms with van der Waals surface area (Å²) in [5, 5.41) is 14.1. The van der Waals surface area contributed by atoms with E-state index in [0.29, 0.717) is 23.9 Å². The van der Waals surface area contributed by atoms with E-state index in [-0.39, 0.29) is 22.4 Å². The third kappa shape index (κ3) is 3.22. The summed E-state index contributed by atoms with van der Waals surface area (Å²) in [5.41, 5.74) is 1.90. The highest BCUT2D eigenvalue weighted by Crippen LogP contribution is 2.66. The minimum atomic E-state index is -0.440. The maximum atomic E-state index is 13.0. The van der Waals surface area contributed by atoms with Gasteiger partial charge in [0.05, 0.1) is 4.92 Å². The van der Waals surface area contributed by atoms with Gasteiger partial charge >= 0.3 is 0 Å². The number of nitrogens with one attached hydrogen (secondary N) is 1. The maximum Gasteiger partial charge on any atom is 0.292 e. The number of anilines is 1. The van der Waals surface area contributed by atoms with Gasteiger partial charge in [0.2, 0.25) is 5.91 Å². The molecule has 150 valence electrons. The lowest BCUT2D eigenvalue weighted by Gasteiger charge is -2.62. The highest BCUT2D eigenvalue weighted by atomic mass is 16.6. The van der Waals surface area contributed by atoms with Gasteiger partial charge in [-0.25, -0.2) is 0 Å². The first kappa shape index (κ1) is 18.3. The van der Waals surface area contributed by atoms with Gasteiger partial charge in [-0.15, -0.1) is 0 Å². The smallest absolute Gasteiger partial charge is 0.292 e. The SMILES string of the molecule is O=C(CC12C[C@@H]3C[C@@H](C1)CC(c1ccccc1)(C3)C2)Nc1ccccc1[N+](=O)[O-]. The number of carbonyl (C=O) groups excluding carboxylic acids is 1. The zero-order chi connectivity index (χ0) is 20.1. The van der Waals surface area contributed by atoms with Crippen molar-refractivity contribution in [2.75, 3.05) is 5.32 Å². The van der Waals surface area contributed by atoms with Crippen molar-refractivity contribution in [2.24, 2.45) is 17.3 Å².